The summed E-state index contributed by atoms with van der Waals surface area (Å²) >= 11 is 1.59. The third-order valence-corrected chi connectivity index (χ3v) is 4.19. The SMILES string of the molecule is NC(=O)C1CNCCN1Cc1coc(-c2cccs2)n1. The Balaban J connectivity index is 1.72. The van der Waals surface area contributed by atoms with Crippen molar-refractivity contribution in [1.82, 2.24) is 15.2 Å². The van der Waals surface area contributed by atoms with Gasteiger partial charge in [0, 0.05) is 26.2 Å². The standard InChI is InChI=1S/C13H16N4O2S/c14-12(18)10-6-15-3-4-17(10)7-9-8-19-13(16-9)11-2-1-5-20-11/h1-2,5,8,10,15H,3-4,6-7H2,(H2,14,18). The molecule has 1 aliphatic heterocycles. The monoisotopic (exact) mass is 292 g/mol. The molecular formula is C13H16N4O2S. The van der Waals surface area contributed by atoms with Crippen LogP contribution in [0.15, 0.2) is 28.2 Å². The lowest BCUT2D eigenvalue weighted by molar-refractivity contribution is -0.124. The van der Waals surface area contributed by atoms with Crippen molar-refractivity contribution in [1.29, 1.82) is 0 Å². The van der Waals surface area contributed by atoms with E-state index in [9.17, 15) is 4.79 Å². The van der Waals surface area contributed by atoms with Gasteiger partial charge in [0.2, 0.25) is 11.8 Å². The van der Waals surface area contributed by atoms with Gasteiger partial charge in [0.1, 0.15) is 12.3 Å². The number of rotatable bonds is 4. The molecule has 0 aliphatic carbocycles. The average Bonchev–Trinajstić information content (AvgIpc) is 3.09. The lowest BCUT2D eigenvalue weighted by Crippen LogP contribution is -2.56. The van der Waals surface area contributed by atoms with Crippen molar-refractivity contribution in [2.75, 3.05) is 19.6 Å². The smallest absolute Gasteiger partial charge is 0.236 e. The van der Waals surface area contributed by atoms with Crippen molar-refractivity contribution in [3.8, 4) is 10.8 Å². The second-order valence-corrected chi connectivity index (χ2v) is 5.66. The molecule has 1 amide bonds. The number of amides is 1. The highest BCUT2D eigenvalue weighted by Crippen LogP contribution is 2.24. The van der Waals surface area contributed by atoms with Crippen molar-refractivity contribution in [2.24, 2.45) is 5.73 Å². The Hall–Kier alpha value is -1.70. The zero-order valence-corrected chi connectivity index (χ0v) is 11.7. The number of hydrogen-bond acceptors (Lipinski definition) is 6. The predicted octanol–water partition coefficient (Wildman–Crippen LogP) is 0.662. The number of aromatic nitrogens is 1. The van der Waals surface area contributed by atoms with Gasteiger partial charge in [0.15, 0.2) is 0 Å². The van der Waals surface area contributed by atoms with Crippen LogP contribution in [0.1, 0.15) is 5.69 Å². The zero-order valence-electron chi connectivity index (χ0n) is 10.9. The highest BCUT2D eigenvalue weighted by atomic mass is 32.1. The first kappa shape index (κ1) is 13.3. The van der Waals surface area contributed by atoms with Crippen molar-refractivity contribution >= 4 is 17.2 Å². The number of primary amides is 1. The zero-order chi connectivity index (χ0) is 13.9. The molecule has 1 atom stereocenters. The lowest BCUT2D eigenvalue weighted by Gasteiger charge is -2.33. The molecule has 0 aromatic carbocycles. The van der Waals surface area contributed by atoms with Gasteiger partial charge in [-0.05, 0) is 11.4 Å². The number of nitrogens with two attached hydrogens (primary N) is 1. The molecule has 2 aromatic rings. The summed E-state index contributed by atoms with van der Waals surface area (Å²) < 4.78 is 5.49. The number of hydrogen-bond donors (Lipinski definition) is 2. The fraction of sp³-hybridized carbons (Fsp3) is 0.385. The number of oxazole rings is 1. The van der Waals surface area contributed by atoms with E-state index in [4.69, 9.17) is 10.2 Å². The Morgan fingerprint density at radius 1 is 1.65 bits per heavy atom. The summed E-state index contributed by atoms with van der Waals surface area (Å²) in [7, 11) is 0. The van der Waals surface area contributed by atoms with Crippen molar-refractivity contribution in [2.45, 2.75) is 12.6 Å². The molecule has 7 heteroatoms. The third-order valence-electron chi connectivity index (χ3n) is 3.33. The van der Waals surface area contributed by atoms with Crippen LogP contribution < -0.4 is 11.1 Å². The van der Waals surface area contributed by atoms with Crippen LogP contribution in [0.25, 0.3) is 10.8 Å². The van der Waals surface area contributed by atoms with Gasteiger partial charge in [-0.2, -0.15) is 0 Å². The highest BCUT2D eigenvalue weighted by Gasteiger charge is 2.27. The van der Waals surface area contributed by atoms with Crippen LogP contribution in [0.4, 0.5) is 0 Å². The molecule has 106 valence electrons. The molecule has 3 N–H and O–H groups in total. The number of nitrogens with one attached hydrogen (secondary N) is 1. The molecule has 0 radical (unpaired) electrons. The second-order valence-electron chi connectivity index (χ2n) is 4.71. The van der Waals surface area contributed by atoms with Gasteiger partial charge < -0.3 is 15.5 Å². The molecule has 20 heavy (non-hydrogen) atoms. The normalized spacial score (nSPS) is 20.1. The first-order chi connectivity index (χ1) is 9.74. The topological polar surface area (TPSA) is 84.4 Å². The molecule has 0 spiro atoms. The minimum Gasteiger partial charge on any atom is -0.444 e. The van der Waals surface area contributed by atoms with E-state index in [1.165, 1.54) is 0 Å². The first-order valence-electron chi connectivity index (χ1n) is 6.46. The van der Waals surface area contributed by atoms with Crippen LogP contribution in [-0.4, -0.2) is 41.5 Å². The number of piperazine rings is 1. The Kier molecular flexibility index (Phi) is 3.81. The first-order valence-corrected chi connectivity index (χ1v) is 7.34. The number of carbonyl (C=O) groups excluding carboxylic acids is 1. The van der Waals surface area contributed by atoms with E-state index in [2.05, 4.69) is 10.3 Å². The Morgan fingerprint density at radius 3 is 3.30 bits per heavy atom. The van der Waals surface area contributed by atoms with Crippen molar-refractivity contribution in [3.05, 3.63) is 29.5 Å². The lowest BCUT2D eigenvalue weighted by atomic mass is 10.1. The average molecular weight is 292 g/mol. The van der Waals surface area contributed by atoms with Crippen LogP contribution in [0, 0.1) is 0 Å². The van der Waals surface area contributed by atoms with Gasteiger partial charge in [-0.3, -0.25) is 9.69 Å². The fourth-order valence-electron chi connectivity index (χ4n) is 2.32. The van der Waals surface area contributed by atoms with Gasteiger partial charge in [-0.1, -0.05) is 6.07 Å². The van der Waals surface area contributed by atoms with Crippen LogP contribution in [0.2, 0.25) is 0 Å². The molecule has 1 unspecified atom stereocenters. The quantitative estimate of drug-likeness (QED) is 0.865. The molecule has 3 rings (SSSR count). The molecule has 0 saturated carbocycles. The van der Waals surface area contributed by atoms with Crippen LogP contribution in [0.5, 0.6) is 0 Å². The summed E-state index contributed by atoms with van der Waals surface area (Å²) in [4.78, 5) is 19.0. The van der Waals surface area contributed by atoms with E-state index >= 15 is 0 Å². The van der Waals surface area contributed by atoms with Gasteiger partial charge in [0.05, 0.1) is 10.6 Å². The molecular weight excluding hydrogens is 276 g/mol. The maximum atomic E-state index is 11.4. The number of thiophene rings is 1. The second kappa shape index (κ2) is 5.74. The Morgan fingerprint density at radius 2 is 2.55 bits per heavy atom. The Labute approximate surface area is 120 Å². The summed E-state index contributed by atoms with van der Waals surface area (Å²) in [6.45, 7) is 2.78. The summed E-state index contributed by atoms with van der Waals surface area (Å²) in [6, 6.07) is 3.64. The van der Waals surface area contributed by atoms with Crippen LogP contribution in [-0.2, 0) is 11.3 Å². The van der Waals surface area contributed by atoms with E-state index in [1.54, 1.807) is 17.6 Å². The van der Waals surface area contributed by atoms with Crippen LogP contribution >= 0.6 is 11.3 Å². The molecule has 0 bridgehead atoms. The number of carbonyl (C=O) groups is 1. The van der Waals surface area contributed by atoms with E-state index in [0.717, 1.165) is 23.7 Å². The van der Waals surface area contributed by atoms with Gasteiger partial charge >= 0.3 is 0 Å². The fourth-order valence-corrected chi connectivity index (χ4v) is 2.97. The van der Waals surface area contributed by atoms with Gasteiger partial charge in [0.25, 0.3) is 0 Å². The summed E-state index contributed by atoms with van der Waals surface area (Å²) in [5, 5.41) is 5.16. The number of nitrogens with zero attached hydrogens (tertiary/aromatic N) is 2. The summed E-state index contributed by atoms with van der Waals surface area (Å²) in [5.41, 5.74) is 6.25. The minimum atomic E-state index is -0.306. The van der Waals surface area contributed by atoms with Gasteiger partial charge in [-0.15, -0.1) is 11.3 Å². The van der Waals surface area contributed by atoms with Gasteiger partial charge in [-0.25, -0.2) is 4.98 Å². The van der Waals surface area contributed by atoms with E-state index in [1.807, 2.05) is 22.4 Å². The molecule has 6 nitrogen and oxygen atoms in total. The van der Waals surface area contributed by atoms with Crippen molar-refractivity contribution < 1.29 is 9.21 Å². The molecule has 1 saturated heterocycles. The molecule has 2 aromatic heterocycles. The molecule has 3 heterocycles. The van der Waals surface area contributed by atoms with E-state index < -0.39 is 0 Å². The van der Waals surface area contributed by atoms with E-state index in [-0.39, 0.29) is 11.9 Å². The minimum absolute atomic E-state index is 0.286. The van der Waals surface area contributed by atoms with Crippen LogP contribution in [0.3, 0.4) is 0 Å². The Bertz CT molecular complexity index is 581. The van der Waals surface area contributed by atoms with Crippen molar-refractivity contribution in [3.63, 3.8) is 0 Å². The third kappa shape index (κ3) is 2.74. The summed E-state index contributed by atoms with van der Waals surface area (Å²) in [5.74, 6) is 0.319. The molecule has 1 fully saturated rings. The summed E-state index contributed by atoms with van der Waals surface area (Å²) in [6.07, 6.45) is 1.65. The molecule has 1 aliphatic rings. The maximum absolute atomic E-state index is 11.4. The maximum Gasteiger partial charge on any atom is 0.236 e. The highest BCUT2D eigenvalue weighted by molar-refractivity contribution is 7.13. The predicted molar refractivity (Wildman–Crippen MR) is 76.1 cm³/mol. The van der Waals surface area contributed by atoms with E-state index in [0.29, 0.717) is 19.0 Å². The largest absolute Gasteiger partial charge is 0.444 e.